The number of nitrogens with zero attached hydrogens (tertiary/aromatic N) is 1. The van der Waals surface area contributed by atoms with Crippen LogP contribution in [0.1, 0.15) is 42.6 Å². The van der Waals surface area contributed by atoms with Crippen LogP contribution < -0.4 is 9.62 Å². The Balaban J connectivity index is 2.41. The molecule has 0 saturated heterocycles. The first-order valence-corrected chi connectivity index (χ1v) is 10.6. The number of carbonyl (C=O) groups is 1. The number of amides is 1. The molecular weight excluding hydrogens is 348 g/mol. The van der Waals surface area contributed by atoms with Gasteiger partial charge in [-0.15, -0.1) is 0 Å². The average molecular weight is 375 g/mol. The fourth-order valence-electron chi connectivity index (χ4n) is 2.77. The third-order valence-electron chi connectivity index (χ3n) is 4.31. The summed E-state index contributed by atoms with van der Waals surface area (Å²) in [6, 6.07) is 16.2. The molecule has 0 aromatic heterocycles. The molecule has 0 saturated carbocycles. The first-order chi connectivity index (χ1) is 12.4. The van der Waals surface area contributed by atoms with Gasteiger partial charge in [0, 0.05) is 6.04 Å². The van der Waals surface area contributed by atoms with Gasteiger partial charge < -0.3 is 5.32 Å². The van der Waals surface area contributed by atoms with Gasteiger partial charge in [-0.2, -0.15) is 0 Å². The second-order valence-corrected chi connectivity index (χ2v) is 8.17. The van der Waals surface area contributed by atoms with Crippen molar-refractivity contribution < 1.29 is 13.2 Å². The van der Waals surface area contributed by atoms with E-state index in [0.717, 1.165) is 24.7 Å². The number of anilines is 1. The van der Waals surface area contributed by atoms with E-state index in [4.69, 9.17) is 0 Å². The standard InChI is InChI=1S/C20H26N2O3S/c1-4-17(5-2)21-20(23)18-13-9-10-14-19(18)22(26(3,24)25)15-16-11-7-6-8-12-16/h6-14,17H,4-5,15H2,1-3H3,(H,21,23). The van der Waals surface area contributed by atoms with Crippen molar-refractivity contribution in [3.05, 3.63) is 65.7 Å². The van der Waals surface area contributed by atoms with E-state index in [1.54, 1.807) is 24.3 Å². The van der Waals surface area contributed by atoms with E-state index < -0.39 is 10.0 Å². The molecule has 1 N–H and O–H groups in total. The maximum Gasteiger partial charge on any atom is 0.253 e. The number of rotatable bonds is 8. The van der Waals surface area contributed by atoms with Crippen molar-refractivity contribution in [2.45, 2.75) is 39.3 Å². The Bertz CT molecular complexity index is 831. The topological polar surface area (TPSA) is 66.5 Å². The Morgan fingerprint density at radius 3 is 2.15 bits per heavy atom. The van der Waals surface area contributed by atoms with Crippen molar-refractivity contribution in [1.82, 2.24) is 5.32 Å². The minimum atomic E-state index is -3.56. The molecule has 0 bridgehead atoms. The number of nitrogens with one attached hydrogen (secondary N) is 1. The smallest absolute Gasteiger partial charge is 0.253 e. The van der Waals surface area contributed by atoms with E-state index in [9.17, 15) is 13.2 Å². The van der Waals surface area contributed by atoms with Crippen molar-refractivity contribution in [3.8, 4) is 0 Å². The summed E-state index contributed by atoms with van der Waals surface area (Å²) in [6.45, 7) is 4.20. The third-order valence-corrected chi connectivity index (χ3v) is 5.43. The SMILES string of the molecule is CCC(CC)NC(=O)c1ccccc1N(Cc1ccccc1)S(C)(=O)=O. The highest BCUT2D eigenvalue weighted by Crippen LogP contribution is 2.25. The maximum atomic E-state index is 12.7. The van der Waals surface area contributed by atoms with Gasteiger partial charge in [-0.3, -0.25) is 9.10 Å². The van der Waals surface area contributed by atoms with Gasteiger partial charge in [0.25, 0.3) is 5.91 Å². The number of para-hydroxylation sites is 1. The summed E-state index contributed by atoms with van der Waals surface area (Å²) in [4.78, 5) is 12.7. The van der Waals surface area contributed by atoms with Crippen LogP contribution in [-0.2, 0) is 16.6 Å². The van der Waals surface area contributed by atoms with E-state index in [1.165, 1.54) is 4.31 Å². The summed E-state index contributed by atoms with van der Waals surface area (Å²) in [5.74, 6) is -0.254. The molecule has 2 aromatic carbocycles. The average Bonchev–Trinajstić information content (AvgIpc) is 2.64. The highest BCUT2D eigenvalue weighted by Gasteiger charge is 2.24. The van der Waals surface area contributed by atoms with Crippen LogP contribution in [0.5, 0.6) is 0 Å². The maximum absolute atomic E-state index is 12.7. The van der Waals surface area contributed by atoms with E-state index in [-0.39, 0.29) is 18.5 Å². The fraction of sp³-hybridized carbons (Fsp3) is 0.350. The lowest BCUT2D eigenvalue weighted by Gasteiger charge is -2.25. The van der Waals surface area contributed by atoms with Gasteiger partial charge in [-0.05, 0) is 30.5 Å². The molecule has 26 heavy (non-hydrogen) atoms. The second kappa shape index (κ2) is 8.85. The summed E-state index contributed by atoms with van der Waals surface area (Å²) in [5.41, 5.74) is 1.61. The molecule has 0 radical (unpaired) electrons. The molecule has 0 unspecified atom stereocenters. The number of carbonyl (C=O) groups excluding carboxylic acids is 1. The molecule has 6 heteroatoms. The quantitative estimate of drug-likeness (QED) is 0.768. The molecule has 2 aromatic rings. The highest BCUT2D eigenvalue weighted by molar-refractivity contribution is 7.92. The van der Waals surface area contributed by atoms with Gasteiger partial charge in [0.05, 0.1) is 24.1 Å². The second-order valence-electron chi connectivity index (χ2n) is 6.26. The molecule has 0 aliphatic carbocycles. The first kappa shape index (κ1) is 20.0. The summed E-state index contributed by atoms with van der Waals surface area (Å²) < 4.78 is 26.2. The van der Waals surface area contributed by atoms with Crippen LogP contribution in [0.15, 0.2) is 54.6 Å². The van der Waals surface area contributed by atoms with E-state index in [0.29, 0.717) is 11.3 Å². The molecule has 0 fully saturated rings. The van der Waals surface area contributed by atoms with Crippen LogP contribution >= 0.6 is 0 Å². The minimum Gasteiger partial charge on any atom is -0.349 e. The minimum absolute atomic E-state index is 0.0661. The van der Waals surface area contributed by atoms with Crippen molar-refractivity contribution in [1.29, 1.82) is 0 Å². The predicted molar refractivity (Wildman–Crippen MR) is 106 cm³/mol. The molecule has 0 aliphatic rings. The molecule has 140 valence electrons. The van der Waals surface area contributed by atoms with Crippen molar-refractivity contribution in [3.63, 3.8) is 0 Å². The van der Waals surface area contributed by atoms with Crippen molar-refractivity contribution in [2.24, 2.45) is 0 Å². The number of hydrogen-bond acceptors (Lipinski definition) is 3. The normalized spacial score (nSPS) is 11.4. The van der Waals surface area contributed by atoms with Gasteiger partial charge in [-0.1, -0.05) is 56.3 Å². The summed E-state index contributed by atoms with van der Waals surface area (Å²) >= 11 is 0. The number of benzene rings is 2. The lowest BCUT2D eigenvalue weighted by molar-refractivity contribution is 0.0935. The van der Waals surface area contributed by atoms with E-state index in [2.05, 4.69) is 5.32 Å². The molecule has 1 amide bonds. The van der Waals surface area contributed by atoms with Gasteiger partial charge in [-0.25, -0.2) is 8.42 Å². The van der Waals surface area contributed by atoms with E-state index >= 15 is 0 Å². The Morgan fingerprint density at radius 2 is 1.58 bits per heavy atom. The lowest BCUT2D eigenvalue weighted by atomic mass is 10.1. The Morgan fingerprint density at radius 1 is 1.00 bits per heavy atom. The molecular formula is C20H26N2O3S. The predicted octanol–water partition coefficient (Wildman–Crippen LogP) is 3.57. The van der Waals surface area contributed by atoms with E-state index in [1.807, 2.05) is 44.2 Å². The summed E-state index contributed by atoms with van der Waals surface area (Å²) in [5, 5.41) is 2.98. The summed E-state index contributed by atoms with van der Waals surface area (Å²) in [7, 11) is -3.56. The fourth-order valence-corrected chi connectivity index (χ4v) is 3.67. The third kappa shape index (κ3) is 5.08. The molecule has 0 heterocycles. The van der Waals surface area contributed by atoms with Crippen molar-refractivity contribution >= 4 is 21.6 Å². The zero-order valence-electron chi connectivity index (χ0n) is 15.5. The highest BCUT2D eigenvalue weighted by atomic mass is 32.2. The Kier molecular flexibility index (Phi) is 6.80. The summed E-state index contributed by atoms with van der Waals surface area (Å²) in [6.07, 6.45) is 2.81. The molecule has 5 nitrogen and oxygen atoms in total. The Labute approximate surface area is 156 Å². The van der Waals surface area contributed by atoms with Crippen LogP contribution in [0.3, 0.4) is 0 Å². The van der Waals surface area contributed by atoms with Crippen LogP contribution in [-0.4, -0.2) is 26.6 Å². The molecule has 0 spiro atoms. The Hall–Kier alpha value is -2.34. The van der Waals surface area contributed by atoms with Gasteiger partial charge in [0.15, 0.2) is 0 Å². The first-order valence-electron chi connectivity index (χ1n) is 8.78. The van der Waals surface area contributed by atoms with Gasteiger partial charge in [0.1, 0.15) is 0 Å². The molecule has 0 aliphatic heterocycles. The van der Waals surface area contributed by atoms with Crippen LogP contribution in [0.4, 0.5) is 5.69 Å². The zero-order valence-corrected chi connectivity index (χ0v) is 16.3. The van der Waals surface area contributed by atoms with Gasteiger partial charge >= 0.3 is 0 Å². The van der Waals surface area contributed by atoms with Crippen LogP contribution in [0.25, 0.3) is 0 Å². The monoisotopic (exact) mass is 374 g/mol. The number of hydrogen-bond donors (Lipinski definition) is 1. The lowest BCUT2D eigenvalue weighted by Crippen LogP contribution is -2.36. The molecule has 2 rings (SSSR count). The van der Waals surface area contributed by atoms with Gasteiger partial charge in [0.2, 0.25) is 10.0 Å². The van der Waals surface area contributed by atoms with Crippen molar-refractivity contribution in [2.75, 3.05) is 10.6 Å². The zero-order chi connectivity index (χ0) is 19.2. The molecule has 0 atom stereocenters. The van der Waals surface area contributed by atoms with Crippen LogP contribution in [0.2, 0.25) is 0 Å². The van der Waals surface area contributed by atoms with Crippen LogP contribution in [0, 0.1) is 0 Å². The largest absolute Gasteiger partial charge is 0.349 e. The number of sulfonamides is 1.